The quantitative estimate of drug-likeness (QED) is 0.730. The first-order chi connectivity index (χ1) is 13.1. The second-order valence-electron chi connectivity index (χ2n) is 6.73. The van der Waals surface area contributed by atoms with E-state index in [0.717, 1.165) is 10.5 Å². The molecule has 1 aromatic heterocycles. The highest BCUT2D eigenvalue weighted by atomic mass is 32.2. The highest BCUT2D eigenvalue weighted by Gasteiger charge is 2.44. The fraction of sp³-hybridized carbons (Fsp3) is 0.400. The molecule has 1 saturated heterocycles. The van der Waals surface area contributed by atoms with Crippen LogP contribution in [0.25, 0.3) is 0 Å². The number of piperidine rings is 1. The number of thioether (sulfide) groups is 1. The molecular weight excluding hydrogens is 366 g/mol. The number of hydrogen-bond donors (Lipinski definition) is 1. The second-order valence-corrected chi connectivity index (χ2v) is 7.77. The van der Waals surface area contributed by atoms with Crippen molar-refractivity contribution >= 4 is 23.6 Å². The van der Waals surface area contributed by atoms with Crippen LogP contribution in [0.4, 0.5) is 0 Å². The number of carboxylic acids is 1. The van der Waals surface area contributed by atoms with Gasteiger partial charge in [0.2, 0.25) is 0 Å². The predicted octanol–water partition coefficient (Wildman–Crippen LogP) is 3.53. The van der Waals surface area contributed by atoms with Gasteiger partial charge in [-0.1, -0.05) is 18.2 Å². The van der Waals surface area contributed by atoms with E-state index in [-0.39, 0.29) is 24.8 Å². The second kappa shape index (κ2) is 8.63. The van der Waals surface area contributed by atoms with Gasteiger partial charge >= 0.3 is 5.97 Å². The first-order valence-electron chi connectivity index (χ1n) is 8.81. The van der Waals surface area contributed by atoms with Crippen LogP contribution in [0.5, 0.6) is 0 Å². The van der Waals surface area contributed by atoms with Crippen LogP contribution in [0.3, 0.4) is 0 Å². The van der Waals surface area contributed by atoms with E-state index < -0.39 is 11.4 Å². The Morgan fingerprint density at radius 3 is 2.78 bits per heavy atom. The van der Waals surface area contributed by atoms with Gasteiger partial charge in [0.1, 0.15) is 5.41 Å². The number of methoxy groups -OCH3 is 1. The number of hydrogen-bond acceptors (Lipinski definition) is 5. The maximum Gasteiger partial charge on any atom is 0.313 e. The zero-order valence-electron chi connectivity index (χ0n) is 15.2. The molecule has 1 atom stereocenters. The van der Waals surface area contributed by atoms with E-state index in [1.54, 1.807) is 22.7 Å². The smallest absolute Gasteiger partial charge is 0.313 e. The Labute approximate surface area is 162 Å². The Balaban J connectivity index is 1.72. The Hall–Kier alpha value is -2.25. The van der Waals surface area contributed by atoms with Crippen molar-refractivity contribution in [2.75, 3.05) is 26.8 Å². The fourth-order valence-corrected chi connectivity index (χ4v) is 4.29. The number of aliphatic carboxylic acids is 1. The number of rotatable bonds is 7. The molecule has 144 valence electrons. The summed E-state index contributed by atoms with van der Waals surface area (Å²) < 4.78 is 10.6. The van der Waals surface area contributed by atoms with Crippen LogP contribution < -0.4 is 0 Å². The van der Waals surface area contributed by atoms with Gasteiger partial charge in [0.25, 0.3) is 5.91 Å². The van der Waals surface area contributed by atoms with Gasteiger partial charge in [-0.2, -0.15) is 0 Å². The topological polar surface area (TPSA) is 80.0 Å². The van der Waals surface area contributed by atoms with Gasteiger partial charge in [0.05, 0.1) is 12.9 Å². The van der Waals surface area contributed by atoms with Gasteiger partial charge in [-0.3, -0.25) is 9.59 Å². The van der Waals surface area contributed by atoms with Crippen molar-refractivity contribution in [1.82, 2.24) is 4.90 Å². The number of ether oxygens (including phenoxy) is 1. The molecule has 2 aromatic rings. The zero-order valence-corrected chi connectivity index (χ0v) is 16.0. The molecule has 0 saturated carbocycles. The van der Waals surface area contributed by atoms with Gasteiger partial charge < -0.3 is 19.2 Å². The summed E-state index contributed by atoms with van der Waals surface area (Å²) in [7, 11) is 1.48. The van der Waals surface area contributed by atoms with Crippen molar-refractivity contribution in [2.24, 2.45) is 5.41 Å². The molecule has 1 N–H and O–H groups in total. The van der Waals surface area contributed by atoms with Crippen molar-refractivity contribution < 1.29 is 23.8 Å². The first-order valence-corrected chi connectivity index (χ1v) is 9.80. The lowest BCUT2D eigenvalue weighted by Crippen LogP contribution is -2.52. The Bertz CT molecular complexity index is 787. The third-order valence-corrected chi connectivity index (χ3v) is 5.88. The molecular formula is C20H23NO5S. The first kappa shape index (κ1) is 19.5. The number of amides is 1. The number of carbonyl (C=O) groups is 2. The van der Waals surface area contributed by atoms with Crippen LogP contribution in [0, 0.1) is 5.41 Å². The minimum atomic E-state index is -1.06. The molecule has 0 aliphatic carbocycles. The average Bonchev–Trinajstić information content (AvgIpc) is 3.15. The summed E-state index contributed by atoms with van der Waals surface area (Å²) in [4.78, 5) is 27.5. The van der Waals surface area contributed by atoms with Gasteiger partial charge in [-0.05, 0) is 31.0 Å². The summed E-state index contributed by atoms with van der Waals surface area (Å²) in [5.74, 6) is -0.291. The van der Waals surface area contributed by atoms with E-state index in [9.17, 15) is 14.7 Å². The summed E-state index contributed by atoms with van der Waals surface area (Å²) in [6, 6.07) is 11.7. The molecule has 1 unspecified atom stereocenters. The minimum absolute atomic E-state index is 0.0843. The van der Waals surface area contributed by atoms with E-state index in [4.69, 9.17) is 9.15 Å². The number of carboxylic acid groups (broad SMARTS) is 1. The largest absolute Gasteiger partial charge is 0.481 e. The van der Waals surface area contributed by atoms with Crippen molar-refractivity contribution in [1.29, 1.82) is 0 Å². The van der Waals surface area contributed by atoms with Crippen LogP contribution in [0.15, 0.2) is 52.0 Å². The fourth-order valence-electron chi connectivity index (χ4n) is 3.39. The molecule has 0 radical (unpaired) electrons. The SMILES string of the molecule is COCC1(C(=O)O)CCCN(C(=O)c2occc2CSc2ccccc2)C1. The number of benzene rings is 1. The molecule has 1 amide bonds. The maximum atomic E-state index is 13.0. The molecule has 1 fully saturated rings. The number of carbonyl (C=O) groups excluding carboxylic acids is 1. The molecule has 27 heavy (non-hydrogen) atoms. The van der Waals surface area contributed by atoms with E-state index >= 15 is 0 Å². The zero-order chi connectivity index (χ0) is 19.3. The summed E-state index contributed by atoms with van der Waals surface area (Å²) in [6.07, 6.45) is 2.63. The molecule has 1 aromatic carbocycles. The molecule has 7 heteroatoms. The van der Waals surface area contributed by atoms with Crippen molar-refractivity contribution in [3.63, 3.8) is 0 Å². The summed E-state index contributed by atoms with van der Waals surface area (Å²) >= 11 is 1.62. The van der Waals surface area contributed by atoms with E-state index in [1.165, 1.54) is 13.4 Å². The lowest BCUT2D eigenvalue weighted by molar-refractivity contribution is -0.155. The summed E-state index contributed by atoms with van der Waals surface area (Å²) in [5.41, 5.74) is -0.249. The molecule has 0 bridgehead atoms. The lowest BCUT2D eigenvalue weighted by atomic mass is 9.80. The number of furan rings is 1. The standard InChI is InChI=1S/C20H23NO5S/c1-25-14-20(19(23)24)9-5-10-21(13-20)18(22)17-15(8-11-26-17)12-27-16-6-3-2-4-7-16/h2-4,6-8,11H,5,9-10,12-14H2,1H3,(H,23,24). The third kappa shape index (κ3) is 4.36. The maximum absolute atomic E-state index is 13.0. The molecule has 3 rings (SSSR count). The van der Waals surface area contributed by atoms with E-state index in [2.05, 4.69) is 0 Å². The van der Waals surface area contributed by atoms with Gasteiger partial charge in [0, 0.05) is 36.4 Å². The van der Waals surface area contributed by atoms with Crippen LogP contribution in [-0.2, 0) is 15.3 Å². The Morgan fingerprint density at radius 1 is 1.30 bits per heavy atom. The molecule has 1 aliphatic heterocycles. The highest BCUT2D eigenvalue weighted by Crippen LogP contribution is 2.32. The molecule has 0 spiro atoms. The van der Waals surface area contributed by atoms with E-state index in [0.29, 0.717) is 25.1 Å². The van der Waals surface area contributed by atoms with Crippen molar-refractivity contribution in [3.8, 4) is 0 Å². The van der Waals surface area contributed by atoms with E-state index in [1.807, 2.05) is 30.3 Å². The predicted molar refractivity (Wildman–Crippen MR) is 102 cm³/mol. The molecule has 6 nitrogen and oxygen atoms in total. The van der Waals surface area contributed by atoms with Crippen LogP contribution >= 0.6 is 11.8 Å². The third-order valence-electron chi connectivity index (χ3n) is 4.82. The number of likely N-dealkylation sites (tertiary alicyclic amines) is 1. The molecule has 2 heterocycles. The summed E-state index contributed by atoms with van der Waals surface area (Å²) in [5, 5.41) is 9.67. The Morgan fingerprint density at radius 2 is 2.07 bits per heavy atom. The molecule has 1 aliphatic rings. The van der Waals surface area contributed by atoms with Gasteiger partial charge in [-0.15, -0.1) is 11.8 Å². The number of nitrogens with zero attached hydrogens (tertiary/aromatic N) is 1. The minimum Gasteiger partial charge on any atom is -0.481 e. The van der Waals surface area contributed by atoms with Crippen LogP contribution in [-0.4, -0.2) is 48.7 Å². The Kier molecular flexibility index (Phi) is 6.23. The van der Waals surface area contributed by atoms with Crippen molar-refractivity contribution in [2.45, 2.75) is 23.5 Å². The monoisotopic (exact) mass is 389 g/mol. The average molecular weight is 389 g/mol. The van der Waals surface area contributed by atoms with Crippen molar-refractivity contribution in [3.05, 3.63) is 54.0 Å². The van der Waals surface area contributed by atoms with Crippen LogP contribution in [0.2, 0.25) is 0 Å². The normalized spacial score (nSPS) is 19.8. The van der Waals surface area contributed by atoms with Gasteiger partial charge in [-0.25, -0.2) is 0 Å². The summed E-state index contributed by atoms with van der Waals surface area (Å²) in [6.45, 7) is 0.728. The van der Waals surface area contributed by atoms with Gasteiger partial charge in [0.15, 0.2) is 5.76 Å². The highest BCUT2D eigenvalue weighted by molar-refractivity contribution is 7.98. The lowest BCUT2D eigenvalue weighted by Gasteiger charge is -2.39. The van der Waals surface area contributed by atoms with Crippen LogP contribution in [0.1, 0.15) is 29.0 Å².